The Morgan fingerprint density at radius 3 is 2.81 bits per heavy atom. The molecule has 2 nitrogen and oxygen atoms in total. The van der Waals surface area contributed by atoms with Crippen molar-refractivity contribution in [3.63, 3.8) is 0 Å². The zero-order valence-electron chi connectivity index (χ0n) is 14.5. The third-order valence-electron chi connectivity index (χ3n) is 6.48. The predicted octanol–water partition coefficient (Wildman–Crippen LogP) is 5.06. The van der Waals surface area contributed by atoms with Crippen molar-refractivity contribution in [3.8, 4) is 0 Å². The second-order valence-electron chi connectivity index (χ2n) is 8.84. The molecule has 0 amide bonds. The Bertz CT molecular complexity index is 435. The lowest BCUT2D eigenvalue weighted by Crippen LogP contribution is -2.43. The van der Waals surface area contributed by atoms with Gasteiger partial charge in [-0.1, -0.05) is 26.8 Å². The molecule has 3 atom stereocenters. The molecule has 3 rings (SSSR count). The van der Waals surface area contributed by atoms with Gasteiger partial charge >= 0.3 is 0 Å². The minimum Gasteiger partial charge on any atom is -0.416 e. The van der Waals surface area contributed by atoms with E-state index in [1.807, 2.05) is 0 Å². The normalized spacial score (nSPS) is 36.3. The Morgan fingerprint density at radius 2 is 2.10 bits per heavy atom. The van der Waals surface area contributed by atoms with Gasteiger partial charge in [-0.05, 0) is 62.2 Å². The lowest BCUT2D eigenvalue weighted by Gasteiger charge is -2.38. The van der Waals surface area contributed by atoms with E-state index < -0.39 is 8.32 Å². The molecule has 0 unspecified atom stereocenters. The van der Waals surface area contributed by atoms with Gasteiger partial charge in [-0.15, -0.1) is 0 Å². The minimum atomic E-state index is -1.64. The molecule has 2 bridgehead atoms. The van der Waals surface area contributed by atoms with E-state index in [1.165, 1.54) is 32.1 Å². The first-order valence-corrected chi connectivity index (χ1v) is 11.7. The highest BCUT2D eigenvalue weighted by Gasteiger charge is 2.49. The van der Waals surface area contributed by atoms with E-state index in [4.69, 9.17) is 9.16 Å². The van der Waals surface area contributed by atoms with Gasteiger partial charge in [0.05, 0.1) is 11.7 Å². The molecule has 0 aromatic carbocycles. The van der Waals surface area contributed by atoms with Gasteiger partial charge in [0.15, 0.2) is 8.32 Å². The monoisotopic (exact) mass is 308 g/mol. The van der Waals surface area contributed by atoms with E-state index in [0.717, 1.165) is 13.0 Å². The topological polar surface area (TPSA) is 18.5 Å². The van der Waals surface area contributed by atoms with E-state index in [-0.39, 0.29) is 5.60 Å². The molecule has 0 aromatic rings. The van der Waals surface area contributed by atoms with Crippen LogP contribution in [0.4, 0.5) is 0 Å². The van der Waals surface area contributed by atoms with Crippen LogP contribution in [-0.2, 0) is 9.16 Å². The summed E-state index contributed by atoms with van der Waals surface area (Å²) in [7, 11) is -1.64. The van der Waals surface area contributed by atoms with Crippen LogP contribution in [0.25, 0.3) is 0 Å². The van der Waals surface area contributed by atoms with Gasteiger partial charge in [0.1, 0.15) is 0 Å². The van der Waals surface area contributed by atoms with Crippen molar-refractivity contribution < 1.29 is 9.16 Å². The summed E-state index contributed by atoms with van der Waals surface area (Å²) in [6, 6.07) is 0. The summed E-state index contributed by atoms with van der Waals surface area (Å²) in [5.74, 6) is 0.566. The molecule has 0 aromatic heterocycles. The van der Waals surface area contributed by atoms with Gasteiger partial charge < -0.3 is 9.16 Å². The Hall–Kier alpha value is -0.123. The van der Waals surface area contributed by atoms with Crippen molar-refractivity contribution in [3.05, 3.63) is 11.6 Å². The highest BCUT2D eigenvalue weighted by atomic mass is 28.4. The summed E-state index contributed by atoms with van der Waals surface area (Å²) in [5.41, 5.74) is 1.76. The quantitative estimate of drug-likeness (QED) is 0.536. The molecular formula is C18H32O2Si. The Morgan fingerprint density at radius 1 is 1.33 bits per heavy atom. The van der Waals surface area contributed by atoms with Gasteiger partial charge in [-0.25, -0.2) is 0 Å². The molecule has 2 fully saturated rings. The second kappa shape index (κ2) is 5.21. The summed E-state index contributed by atoms with van der Waals surface area (Å²) in [6.07, 6.45) is 10.4. The number of hydrogen-bond acceptors (Lipinski definition) is 2. The predicted molar refractivity (Wildman–Crippen MR) is 90.0 cm³/mol. The number of allylic oxidation sites excluding steroid dienone is 1. The number of rotatable bonds is 3. The fourth-order valence-electron chi connectivity index (χ4n) is 3.93. The van der Waals surface area contributed by atoms with Gasteiger partial charge in [-0.2, -0.15) is 0 Å². The fraction of sp³-hybridized carbons (Fsp3) is 0.889. The summed E-state index contributed by atoms with van der Waals surface area (Å²) in [6.45, 7) is 12.6. The van der Waals surface area contributed by atoms with E-state index in [9.17, 15) is 0 Å². The van der Waals surface area contributed by atoms with Crippen LogP contribution in [0.3, 0.4) is 0 Å². The molecule has 21 heavy (non-hydrogen) atoms. The molecular weight excluding hydrogens is 276 g/mol. The Kier molecular flexibility index (Phi) is 3.91. The SMILES string of the molecule is CC(C)(C)[Si](C)(C)OC[C@@H]1CC=C2CCC[C@]23CC[C@H]1O3. The Labute approximate surface area is 131 Å². The first kappa shape index (κ1) is 15.8. The lowest BCUT2D eigenvalue weighted by atomic mass is 9.87. The zero-order valence-corrected chi connectivity index (χ0v) is 15.5. The van der Waals surface area contributed by atoms with Crippen molar-refractivity contribution in [1.82, 2.24) is 0 Å². The summed E-state index contributed by atoms with van der Waals surface area (Å²) in [5, 5.41) is 0.296. The largest absolute Gasteiger partial charge is 0.416 e. The van der Waals surface area contributed by atoms with E-state index in [2.05, 4.69) is 39.9 Å². The maximum absolute atomic E-state index is 6.56. The first-order valence-electron chi connectivity index (χ1n) is 8.75. The van der Waals surface area contributed by atoms with Crippen molar-refractivity contribution in [1.29, 1.82) is 0 Å². The zero-order chi connectivity index (χ0) is 15.3. The van der Waals surface area contributed by atoms with Crippen molar-refractivity contribution in [2.45, 2.75) is 89.1 Å². The maximum atomic E-state index is 6.56. The highest BCUT2D eigenvalue weighted by Crippen LogP contribution is 2.51. The standard InChI is InChI=1S/C18H32O2Si/c1-17(2,3)21(4,5)19-13-14-8-9-15-7-6-11-18(15)12-10-16(14)20-18/h9,14,16H,6-8,10-13H2,1-5H3/t14-,16+,18-/m0/s1. The van der Waals surface area contributed by atoms with E-state index >= 15 is 0 Å². The maximum Gasteiger partial charge on any atom is 0.191 e. The van der Waals surface area contributed by atoms with Crippen LogP contribution in [0.1, 0.15) is 59.3 Å². The van der Waals surface area contributed by atoms with Crippen LogP contribution in [0, 0.1) is 5.92 Å². The molecule has 1 spiro atoms. The van der Waals surface area contributed by atoms with Crippen LogP contribution < -0.4 is 0 Å². The van der Waals surface area contributed by atoms with E-state index in [0.29, 0.717) is 17.1 Å². The second-order valence-corrected chi connectivity index (χ2v) is 13.6. The molecule has 2 heterocycles. The average molecular weight is 309 g/mol. The summed E-state index contributed by atoms with van der Waals surface area (Å²) in [4.78, 5) is 0. The van der Waals surface area contributed by atoms with Crippen LogP contribution in [-0.4, -0.2) is 26.6 Å². The smallest absolute Gasteiger partial charge is 0.191 e. The average Bonchev–Trinajstić information content (AvgIpc) is 2.93. The van der Waals surface area contributed by atoms with Crippen molar-refractivity contribution in [2.24, 2.45) is 5.92 Å². The summed E-state index contributed by atoms with van der Waals surface area (Å²) >= 11 is 0. The molecule has 120 valence electrons. The van der Waals surface area contributed by atoms with Crippen LogP contribution in [0.5, 0.6) is 0 Å². The van der Waals surface area contributed by atoms with Gasteiger partial charge in [-0.3, -0.25) is 0 Å². The first-order chi connectivity index (χ1) is 9.74. The van der Waals surface area contributed by atoms with Gasteiger partial charge in [0, 0.05) is 12.5 Å². The van der Waals surface area contributed by atoms with Crippen LogP contribution in [0.15, 0.2) is 11.6 Å². The molecule has 1 saturated carbocycles. The van der Waals surface area contributed by atoms with Crippen molar-refractivity contribution in [2.75, 3.05) is 6.61 Å². The number of hydrogen-bond donors (Lipinski definition) is 0. The lowest BCUT2D eigenvalue weighted by molar-refractivity contribution is -0.0398. The fourth-order valence-corrected chi connectivity index (χ4v) is 4.99. The van der Waals surface area contributed by atoms with Crippen molar-refractivity contribution >= 4 is 8.32 Å². The molecule has 0 N–H and O–H groups in total. The molecule has 0 radical (unpaired) electrons. The molecule has 3 aliphatic rings. The number of fused-ring (bicyclic) bond motifs is 1. The van der Waals surface area contributed by atoms with Crippen LogP contribution in [0.2, 0.25) is 18.1 Å². The van der Waals surface area contributed by atoms with Gasteiger partial charge in [0.25, 0.3) is 0 Å². The molecule has 2 aliphatic heterocycles. The highest BCUT2D eigenvalue weighted by molar-refractivity contribution is 6.74. The Balaban J connectivity index is 1.67. The third-order valence-corrected chi connectivity index (χ3v) is 11.0. The molecule has 1 aliphatic carbocycles. The van der Waals surface area contributed by atoms with Crippen LogP contribution >= 0.6 is 0 Å². The molecule has 3 heteroatoms. The van der Waals surface area contributed by atoms with Gasteiger partial charge in [0.2, 0.25) is 0 Å². The number of ether oxygens (including phenoxy) is 1. The third kappa shape index (κ3) is 2.77. The summed E-state index contributed by atoms with van der Waals surface area (Å²) < 4.78 is 13.1. The minimum absolute atomic E-state index is 0.149. The van der Waals surface area contributed by atoms with E-state index in [1.54, 1.807) is 5.57 Å². The molecule has 1 saturated heterocycles.